The van der Waals surface area contributed by atoms with Crippen molar-refractivity contribution in [1.82, 2.24) is 4.31 Å². The average molecular weight is 305 g/mol. The summed E-state index contributed by atoms with van der Waals surface area (Å²) in [6.45, 7) is 2.59. The molecule has 8 heteroatoms. The van der Waals surface area contributed by atoms with Crippen molar-refractivity contribution in [2.75, 3.05) is 26.8 Å². The summed E-state index contributed by atoms with van der Waals surface area (Å²) in [5.74, 6) is -2.50. The number of carboxylic acid groups (broad SMARTS) is 1. The number of rotatable bonds is 7. The number of carbonyl (C=O) groups is 1. The zero-order chi connectivity index (χ0) is 15.3. The number of hydrogen-bond donors (Lipinski definition) is 1. The average Bonchev–Trinajstić information content (AvgIpc) is 2.38. The van der Waals surface area contributed by atoms with Gasteiger partial charge in [0.05, 0.1) is 17.1 Å². The smallest absolute Gasteiger partial charge is 0.338 e. The topological polar surface area (TPSA) is 83.9 Å². The summed E-state index contributed by atoms with van der Waals surface area (Å²) in [6.07, 6.45) is 0. The highest BCUT2D eigenvalue weighted by molar-refractivity contribution is 7.89. The lowest BCUT2D eigenvalue weighted by molar-refractivity contribution is 0.0691. The molecule has 0 radical (unpaired) electrons. The first-order valence-corrected chi connectivity index (χ1v) is 7.31. The van der Waals surface area contributed by atoms with Crippen molar-refractivity contribution in [3.05, 3.63) is 29.6 Å². The summed E-state index contributed by atoms with van der Waals surface area (Å²) in [7, 11) is -2.52. The molecule has 6 nitrogen and oxygen atoms in total. The first kappa shape index (κ1) is 16.5. The lowest BCUT2D eigenvalue weighted by Crippen LogP contribution is -2.30. The van der Waals surface area contributed by atoms with E-state index in [0.717, 1.165) is 22.5 Å². The Balaban J connectivity index is 3.03. The molecule has 1 aromatic rings. The predicted octanol–water partition coefficient (Wildman–Crippen LogP) is 1.18. The Morgan fingerprint density at radius 2 is 2.10 bits per heavy atom. The van der Waals surface area contributed by atoms with Crippen LogP contribution in [-0.2, 0) is 14.8 Å². The van der Waals surface area contributed by atoms with Gasteiger partial charge in [-0.05, 0) is 25.1 Å². The number of halogens is 1. The molecular weight excluding hydrogens is 289 g/mol. The van der Waals surface area contributed by atoms with E-state index in [9.17, 15) is 17.6 Å². The van der Waals surface area contributed by atoms with E-state index in [-0.39, 0.29) is 18.0 Å². The fraction of sp³-hybridized carbons (Fsp3) is 0.417. The lowest BCUT2D eigenvalue weighted by Gasteiger charge is -2.17. The van der Waals surface area contributed by atoms with Gasteiger partial charge in [-0.1, -0.05) is 0 Å². The molecular formula is C12H16FNO5S. The molecule has 0 fully saturated rings. The Kier molecular flexibility index (Phi) is 5.61. The number of sulfonamides is 1. The molecule has 0 aliphatic carbocycles. The molecule has 0 bridgehead atoms. The van der Waals surface area contributed by atoms with Crippen molar-refractivity contribution < 1.29 is 27.4 Å². The van der Waals surface area contributed by atoms with Gasteiger partial charge in [0.25, 0.3) is 0 Å². The number of likely N-dealkylation sites (N-methyl/N-ethyl adjacent to an activating group) is 1. The van der Waals surface area contributed by atoms with Gasteiger partial charge in [-0.3, -0.25) is 0 Å². The maximum Gasteiger partial charge on any atom is 0.338 e. The third kappa shape index (κ3) is 3.75. The van der Waals surface area contributed by atoms with Gasteiger partial charge in [0.15, 0.2) is 0 Å². The third-order valence-electron chi connectivity index (χ3n) is 2.63. The molecule has 0 atom stereocenters. The van der Waals surface area contributed by atoms with Crippen molar-refractivity contribution in [2.45, 2.75) is 11.8 Å². The Hall–Kier alpha value is -1.51. The Morgan fingerprint density at radius 1 is 1.45 bits per heavy atom. The van der Waals surface area contributed by atoms with Crippen LogP contribution in [0, 0.1) is 5.82 Å². The summed E-state index contributed by atoms with van der Waals surface area (Å²) >= 11 is 0. The monoisotopic (exact) mass is 305 g/mol. The SMILES string of the molecule is CCOCCN(C)S(=O)(=O)c1ccc(F)c(C(=O)O)c1. The van der Waals surface area contributed by atoms with E-state index in [1.165, 1.54) is 7.05 Å². The Labute approximate surface area is 116 Å². The van der Waals surface area contributed by atoms with Gasteiger partial charge in [-0.15, -0.1) is 0 Å². The maximum absolute atomic E-state index is 13.2. The highest BCUT2D eigenvalue weighted by Gasteiger charge is 2.23. The molecule has 0 aliphatic heterocycles. The van der Waals surface area contributed by atoms with Crippen LogP contribution in [0.15, 0.2) is 23.1 Å². The Morgan fingerprint density at radius 3 is 2.65 bits per heavy atom. The first-order valence-electron chi connectivity index (χ1n) is 5.87. The van der Waals surface area contributed by atoms with Crippen molar-refractivity contribution in [3.63, 3.8) is 0 Å². The number of hydrogen-bond acceptors (Lipinski definition) is 4. The van der Waals surface area contributed by atoms with Crippen LogP contribution in [0.25, 0.3) is 0 Å². The van der Waals surface area contributed by atoms with Gasteiger partial charge in [-0.25, -0.2) is 17.6 Å². The van der Waals surface area contributed by atoms with Crippen LogP contribution in [0.2, 0.25) is 0 Å². The summed E-state index contributed by atoms with van der Waals surface area (Å²) in [5.41, 5.74) is -0.677. The number of aromatic carboxylic acids is 1. The molecule has 1 N–H and O–H groups in total. The molecule has 0 aromatic heterocycles. The van der Waals surface area contributed by atoms with E-state index < -0.39 is 27.4 Å². The summed E-state index contributed by atoms with van der Waals surface area (Å²) in [4.78, 5) is 10.5. The van der Waals surface area contributed by atoms with Gasteiger partial charge in [0, 0.05) is 20.2 Å². The highest BCUT2D eigenvalue weighted by Crippen LogP contribution is 2.18. The lowest BCUT2D eigenvalue weighted by atomic mass is 10.2. The molecule has 1 rings (SSSR count). The second kappa shape index (κ2) is 6.78. The van der Waals surface area contributed by atoms with Crippen LogP contribution < -0.4 is 0 Å². The summed E-state index contributed by atoms with van der Waals surface area (Å²) in [6, 6.07) is 2.67. The van der Waals surface area contributed by atoms with Crippen molar-refractivity contribution in [3.8, 4) is 0 Å². The van der Waals surface area contributed by atoms with E-state index >= 15 is 0 Å². The van der Waals surface area contributed by atoms with Crippen LogP contribution in [-0.4, -0.2) is 50.6 Å². The van der Waals surface area contributed by atoms with Gasteiger partial charge < -0.3 is 9.84 Å². The number of carboxylic acids is 1. The van der Waals surface area contributed by atoms with E-state index in [0.29, 0.717) is 6.61 Å². The zero-order valence-electron chi connectivity index (χ0n) is 11.2. The summed E-state index contributed by atoms with van der Waals surface area (Å²) in [5, 5.41) is 8.80. The van der Waals surface area contributed by atoms with Crippen molar-refractivity contribution in [2.24, 2.45) is 0 Å². The normalized spacial score (nSPS) is 11.8. The van der Waals surface area contributed by atoms with Gasteiger partial charge in [0.2, 0.25) is 10.0 Å². The van der Waals surface area contributed by atoms with Crippen LogP contribution in [0.3, 0.4) is 0 Å². The minimum Gasteiger partial charge on any atom is -0.478 e. The van der Waals surface area contributed by atoms with E-state index in [2.05, 4.69) is 0 Å². The molecule has 0 saturated carbocycles. The molecule has 0 aliphatic rings. The second-order valence-corrected chi connectivity index (χ2v) is 6.02. The number of ether oxygens (including phenoxy) is 1. The van der Waals surface area contributed by atoms with Crippen LogP contribution in [0.1, 0.15) is 17.3 Å². The molecule has 1 aromatic carbocycles. The fourth-order valence-electron chi connectivity index (χ4n) is 1.47. The Bertz CT molecular complexity index is 588. The largest absolute Gasteiger partial charge is 0.478 e. The molecule has 20 heavy (non-hydrogen) atoms. The van der Waals surface area contributed by atoms with Gasteiger partial charge in [0.1, 0.15) is 5.82 Å². The third-order valence-corrected chi connectivity index (χ3v) is 4.48. The van der Waals surface area contributed by atoms with E-state index in [1.54, 1.807) is 6.92 Å². The van der Waals surface area contributed by atoms with Crippen molar-refractivity contribution >= 4 is 16.0 Å². The maximum atomic E-state index is 13.2. The second-order valence-electron chi connectivity index (χ2n) is 3.97. The zero-order valence-corrected chi connectivity index (χ0v) is 12.0. The first-order chi connectivity index (χ1) is 9.30. The molecule has 0 amide bonds. The van der Waals surface area contributed by atoms with E-state index in [1.807, 2.05) is 0 Å². The van der Waals surface area contributed by atoms with Gasteiger partial charge in [-0.2, -0.15) is 4.31 Å². The van der Waals surface area contributed by atoms with Crippen LogP contribution >= 0.6 is 0 Å². The molecule has 0 unspecified atom stereocenters. The number of benzene rings is 1. The summed E-state index contributed by atoms with van der Waals surface area (Å²) < 4.78 is 43.7. The minimum atomic E-state index is -3.87. The molecule has 112 valence electrons. The van der Waals surface area contributed by atoms with Crippen LogP contribution in [0.5, 0.6) is 0 Å². The minimum absolute atomic E-state index is 0.121. The van der Waals surface area contributed by atoms with E-state index in [4.69, 9.17) is 9.84 Å². The predicted molar refractivity (Wildman–Crippen MR) is 69.7 cm³/mol. The molecule has 0 heterocycles. The standard InChI is InChI=1S/C12H16FNO5S/c1-3-19-7-6-14(2)20(17,18)9-4-5-11(13)10(8-9)12(15)16/h4-5,8H,3,6-7H2,1-2H3,(H,15,16). The number of nitrogens with zero attached hydrogens (tertiary/aromatic N) is 1. The van der Waals surface area contributed by atoms with Gasteiger partial charge >= 0.3 is 5.97 Å². The molecule has 0 spiro atoms. The highest BCUT2D eigenvalue weighted by atomic mass is 32.2. The quantitative estimate of drug-likeness (QED) is 0.765. The van der Waals surface area contributed by atoms with Crippen LogP contribution in [0.4, 0.5) is 4.39 Å². The fourth-order valence-corrected chi connectivity index (χ4v) is 2.65. The van der Waals surface area contributed by atoms with Crippen molar-refractivity contribution in [1.29, 1.82) is 0 Å². The molecule has 0 saturated heterocycles.